The molecule has 0 aliphatic carbocycles. The lowest BCUT2D eigenvalue weighted by atomic mass is 10.2. The summed E-state index contributed by atoms with van der Waals surface area (Å²) in [4.78, 5) is 21.4. The zero-order valence-electron chi connectivity index (χ0n) is 18.3. The number of hydrogen-bond acceptors (Lipinski definition) is 5. The fourth-order valence-corrected chi connectivity index (χ4v) is 3.46. The quantitative estimate of drug-likeness (QED) is 0.304. The summed E-state index contributed by atoms with van der Waals surface area (Å²) in [5, 5.41) is 10.4. The van der Waals surface area contributed by atoms with Gasteiger partial charge in [-0.1, -0.05) is 24.2 Å². The number of hydrogen-bond donors (Lipinski definition) is 2. The van der Waals surface area contributed by atoms with Gasteiger partial charge in [-0.05, 0) is 31.0 Å². The summed E-state index contributed by atoms with van der Waals surface area (Å²) in [6, 6.07) is 9.83. The SMILES string of the molecule is CCCC(=O)Nc1cccc(CN=C(NCC)N2CCN(Cc3ccon3)CC2)c1.I. The van der Waals surface area contributed by atoms with E-state index in [0.717, 1.165) is 68.6 Å². The summed E-state index contributed by atoms with van der Waals surface area (Å²) in [5.41, 5.74) is 2.87. The molecule has 9 heteroatoms. The van der Waals surface area contributed by atoms with Crippen molar-refractivity contribution in [1.82, 2.24) is 20.3 Å². The van der Waals surface area contributed by atoms with Crippen LogP contribution in [0.3, 0.4) is 0 Å². The number of piperazine rings is 1. The first-order valence-electron chi connectivity index (χ1n) is 10.7. The van der Waals surface area contributed by atoms with Crippen LogP contribution in [-0.4, -0.2) is 59.5 Å². The number of rotatable bonds is 8. The summed E-state index contributed by atoms with van der Waals surface area (Å²) in [6.07, 6.45) is 3.00. The average Bonchev–Trinajstić information content (AvgIpc) is 3.25. The summed E-state index contributed by atoms with van der Waals surface area (Å²) >= 11 is 0. The molecule has 0 radical (unpaired) electrons. The molecule has 2 heterocycles. The van der Waals surface area contributed by atoms with E-state index in [2.05, 4.69) is 32.5 Å². The second-order valence-electron chi connectivity index (χ2n) is 7.42. The molecule has 3 rings (SSSR count). The number of aliphatic imine (C=N–C) groups is 1. The highest BCUT2D eigenvalue weighted by atomic mass is 127. The molecule has 0 unspecified atom stereocenters. The molecule has 1 aromatic carbocycles. The smallest absolute Gasteiger partial charge is 0.224 e. The topological polar surface area (TPSA) is 86.0 Å². The van der Waals surface area contributed by atoms with Gasteiger partial charge in [0.1, 0.15) is 6.26 Å². The Morgan fingerprint density at radius 2 is 2.00 bits per heavy atom. The van der Waals surface area contributed by atoms with Gasteiger partial charge in [-0.15, -0.1) is 24.0 Å². The zero-order chi connectivity index (χ0) is 21.2. The highest BCUT2D eigenvalue weighted by molar-refractivity contribution is 14.0. The van der Waals surface area contributed by atoms with Crippen LogP contribution in [0.4, 0.5) is 5.69 Å². The molecule has 2 aromatic rings. The van der Waals surface area contributed by atoms with Crippen molar-refractivity contribution in [2.24, 2.45) is 4.99 Å². The third-order valence-corrected chi connectivity index (χ3v) is 4.98. The van der Waals surface area contributed by atoms with E-state index < -0.39 is 0 Å². The third kappa shape index (κ3) is 8.13. The van der Waals surface area contributed by atoms with E-state index in [1.165, 1.54) is 0 Å². The number of carbonyl (C=O) groups excluding carboxylic acids is 1. The van der Waals surface area contributed by atoms with Crippen LogP contribution in [0.15, 0.2) is 46.1 Å². The molecule has 0 atom stereocenters. The highest BCUT2D eigenvalue weighted by Crippen LogP contribution is 2.13. The summed E-state index contributed by atoms with van der Waals surface area (Å²) < 4.78 is 4.92. The Hall–Kier alpha value is -2.14. The predicted octanol–water partition coefficient (Wildman–Crippen LogP) is 3.31. The van der Waals surface area contributed by atoms with Crippen LogP contribution >= 0.6 is 24.0 Å². The first-order chi connectivity index (χ1) is 14.7. The van der Waals surface area contributed by atoms with E-state index in [0.29, 0.717) is 13.0 Å². The molecule has 1 saturated heterocycles. The minimum absolute atomic E-state index is 0. The molecular weight excluding hydrogens is 507 g/mol. The summed E-state index contributed by atoms with van der Waals surface area (Å²) in [7, 11) is 0. The zero-order valence-corrected chi connectivity index (χ0v) is 20.7. The van der Waals surface area contributed by atoms with E-state index in [1.54, 1.807) is 6.26 Å². The fraction of sp³-hybridized carbons (Fsp3) is 0.500. The standard InChI is InChI=1S/C22H32N6O2.HI/c1-3-6-21(29)25-19-8-5-7-18(15-19)16-24-22(23-4-2)28-12-10-27(11-13-28)17-20-9-14-30-26-20;/h5,7-9,14-15H,3-4,6,10-13,16-17H2,1-2H3,(H,23,24)(H,25,29);1H. The largest absolute Gasteiger partial charge is 0.364 e. The number of carbonyl (C=O) groups is 1. The van der Waals surface area contributed by atoms with Crippen molar-refractivity contribution in [1.29, 1.82) is 0 Å². The van der Waals surface area contributed by atoms with Crippen LogP contribution in [0.1, 0.15) is 37.9 Å². The van der Waals surface area contributed by atoms with Gasteiger partial charge in [-0.2, -0.15) is 0 Å². The Kier molecular flexibility index (Phi) is 10.8. The Balaban J connectivity index is 0.00000341. The maximum atomic E-state index is 11.8. The van der Waals surface area contributed by atoms with Crippen molar-refractivity contribution in [2.75, 3.05) is 38.0 Å². The molecule has 0 spiro atoms. The number of halogens is 1. The molecule has 0 saturated carbocycles. The molecule has 1 aliphatic rings. The van der Waals surface area contributed by atoms with E-state index in [1.807, 2.05) is 37.3 Å². The van der Waals surface area contributed by atoms with E-state index in [-0.39, 0.29) is 29.9 Å². The van der Waals surface area contributed by atoms with Crippen LogP contribution in [-0.2, 0) is 17.9 Å². The normalized spacial score (nSPS) is 14.8. The molecule has 31 heavy (non-hydrogen) atoms. The molecule has 0 bridgehead atoms. The van der Waals surface area contributed by atoms with Crippen molar-refractivity contribution in [3.05, 3.63) is 47.9 Å². The number of benzene rings is 1. The number of guanidine groups is 1. The molecule has 1 aliphatic heterocycles. The lowest BCUT2D eigenvalue weighted by molar-refractivity contribution is -0.116. The van der Waals surface area contributed by atoms with Gasteiger partial charge < -0.3 is 20.1 Å². The van der Waals surface area contributed by atoms with Crippen LogP contribution in [0, 0.1) is 0 Å². The minimum atomic E-state index is 0. The van der Waals surface area contributed by atoms with Gasteiger partial charge in [0.25, 0.3) is 0 Å². The van der Waals surface area contributed by atoms with E-state index in [4.69, 9.17) is 9.52 Å². The molecule has 8 nitrogen and oxygen atoms in total. The Labute approximate surface area is 201 Å². The van der Waals surface area contributed by atoms with Crippen molar-refractivity contribution >= 4 is 41.5 Å². The molecule has 170 valence electrons. The van der Waals surface area contributed by atoms with E-state index in [9.17, 15) is 4.79 Å². The van der Waals surface area contributed by atoms with Gasteiger partial charge in [0, 0.05) is 57.4 Å². The van der Waals surface area contributed by atoms with Crippen molar-refractivity contribution in [3.8, 4) is 0 Å². The van der Waals surface area contributed by atoms with Gasteiger partial charge in [0.05, 0.1) is 12.2 Å². The minimum Gasteiger partial charge on any atom is -0.364 e. The third-order valence-electron chi connectivity index (χ3n) is 4.98. The number of anilines is 1. The molecule has 1 amide bonds. The lowest BCUT2D eigenvalue weighted by Crippen LogP contribution is -2.52. The lowest BCUT2D eigenvalue weighted by Gasteiger charge is -2.36. The van der Waals surface area contributed by atoms with Crippen molar-refractivity contribution < 1.29 is 9.32 Å². The monoisotopic (exact) mass is 540 g/mol. The number of amides is 1. The molecular formula is C22H33IN6O2. The molecule has 1 fully saturated rings. The second-order valence-corrected chi connectivity index (χ2v) is 7.42. The first kappa shape index (κ1) is 25.1. The first-order valence-corrected chi connectivity index (χ1v) is 10.7. The number of aromatic nitrogens is 1. The van der Waals surface area contributed by atoms with Gasteiger partial charge in [0.2, 0.25) is 5.91 Å². The van der Waals surface area contributed by atoms with Gasteiger partial charge in [-0.3, -0.25) is 9.69 Å². The predicted molar refractivity (Wildman–Crippen MR) is 134 cm³/mol. The molecule has 1 aromatic heterocycles. The van der Waals surface area contributed by atoms with Gasteiger partial charge >= 0.3 is 0 Å². The maximum Gasteiger partial charge on any atom is 0.224 e. The fourth-order valence-electron chi connectivity index (χ4n) is 3.46. The Bertz CT molecular complexity index is 819. The van der Waals surface area contributed by atoms with Gasteiger partial charge in [0.15, 0.2) is 5.96 Å². The number of nitrogens with zero attached hydrogens (tertiary/aromatic N) is 4. The Morgan fingerprint density at radius 1 is 1.19 bits per heavy atom. The van der Waals surface area contributed by atoms with Crippen LogP contribution in [0.2, 0.25) is 0 Å². The summed E-state index contributed by atoms with van der Waals surface area (Å²) in [6.45, 7) is 10.0. The number of nitrogens with one attached hydrogen (secondary N) is 2. The Morgan fingerprint density at radius 3 is 2.68 bits per heavy atom. The second kappa shape index (κ2) is 13.3. The van der Waals surface area contributed by atoms with Crippen LogP contribution in [0.25, 0.3) is 0 Å². The molecule has 2 N–H and O–H groups in total. The van der Waals surface area contributed by atoms with Crippen LogP contribution < -0.4 is 10.6 Å². The van der Waals surface area contributed by atoms with E-state index >= 15 is 0 Å². The van der Waals surface area contributed by atoms with Crippen LogP contribution in [0.5, 0.6) is 0 Å². The van der Waals surface area contributed by atoms with Crippen molar-refractivity contribution in [3.63, 3.8) is 0 Å². The van der Waals surface area contributed by atoms with Gasteiger partial charge in [-0.25, -0.2) is 4.99 Å². The average molecular weight is 540 g/mol. The maximum absolute atomic E-state index is 11.8. The summed E-state index contributed by atoms with van der Waals surface area (Å²) in [5.74, 6) is 0.981. The highest BCUT2D eigenvalue weighted by Gasteiger charge is 2.20. The van der Waals surface area contributed by atoms with Crippen molar-refractivity contribution in [2.45, 2.75) is 39.8 Å².